The topological polar surface area (TPSA) is 126 Å². The zero-order valence-electron chi connectivity index (χ0n) is 20.6. The smallest absolute Gasteiger partial charge is 0.265 e. The van der Waals surface area contributed by atoms with E-state index in [-0.39, 0.29) is 12.7 Å². The molecule has 0 aliphatic carbocycles. The van der Waals surface area contributed by atoms with Crippen LogP contribution in [-0.4, -0.2) is 66.7 Å². The Hall–Kier alpha value is -1.03. The molecule has 2 aliphatic rings. The summed E-state index contributed by atoms with van der Waals surface area (Å²) in [4.78, 5) is 8.32. The molecule has 13 heteroatoms. The normalized spacial score (nSPS) is 24.6. The first-order valence-electron chi connectivity index (χ1n) is 11.1. The fourth-order valence-corrected chi connectivity index (χ4v) is 4.60. The third-order valence-corrected chi connectivity index (χ3v) is 6.62. The maximum atomic E-state index is 11.4. The Kier molecular flexibility index (Phi) is 9.67. The van der Waals surface area contributed by atoms with Crippen LogP contribution in [0, 0.1) is 0 Å². The molecule has 2 aromatic rings. The Morgan fingerprint density at radius 2 is 1.39 bits per heavy atom. The maximum absolute atomic E-state index is 11.4. The van der Waals surface area contributed by atoms with Gasteiger partial charge in [-0.2, -0.15) is 8.42 Å². The molecule has 2 saturated heterocycles. The Balaban J connectivity index is 0.000000205. The second kappa shape index (κ2) is 11.8. The molecule has 2 fully saturated rings. The number of hydrogen-bond acceptors (Lipinski definition) is 10. The van der Waals surface area contributed by atoms with E-state index < -0.39 is 40.0 Å². The Morgan fingerprint density at radius 3 is 1.78 bits per heavy atom. The molecular weight excluding hydrogens is 624 g/mol. The lowest BCUT2D eigenvalue weighted by molar-refractivity contribution is -0.151. The van der Waals surface area contributed by atoms with E-state index >= 15 is 0 Å². The number of aromatic nitrogens is 2. The number of aliphatic hydroxyl groups is 1. The summed E-state index contributed by atoms with van der Waals surface area (Å²) < 4.78 is 51.8. The van der Waals surface area contributed by atoms with E-state index in [9.17, 15) is 13.5 Å². The number of hydrogen-bond donors (Lipinski definition) is 1. The third-order valence-electron chi connectivity index (χ3n) is 5.12. The van der Waals surface area contributed by atoms with Crippen molar-refractivity contribution < 1.29 is 36.7 Å². The average molecular weight is 654 g/mol. The van der Waals surface area contributed by atoms with Crippen LogP contribution >= 0.6 is 31.9 Å². The zero-order chi connectivity index (χ0) is 26.7. The maximum Gasteiger partial charge on any atom is 0.265 e. The van der Waals surface area contributed by atoms with Crippen LogP contribution < -0.4 is 0 Å². The van der Waals surface area contributed by atoms with Crippen molar-refractivity contribution in [3.63, 3.8) is 0 Å². The first-order valence-corrected chi connectivity index (χ1v) is 14.5. The van der Waals surface area contributed by atoms with Gasteiger partial charge >= 0.3 is 0 Å². The van der Waals surface area contributed by atoms with Gasteiger partial charge in [0.25, 0.3) is 10.1 Å². The van der Waals surface area contributed by atoms with Crippen molar-refractivity contribution in [1.82, 2.24) is 9.97 Å². The molecule has 0 radical (unpaired) electrons. The highest BCUT2D eigenvalue weighted by molar-refractivity contribution is 9.10. The lowest BCUT2D eigenvalue weighted by atomic mass is 10.1. The summed E-state index contributed by atoms with van der Waals surface area (Å²) >= 11 is 6.58. The summed E-state index contributed by atoms with van der Waals surface area (Å²) in [5.41, 5.74) is 1.07. The molecule has 36 heavy (non-hydrogen) atoms. The lowest BCUT2D eigenvalue weighted by Gasteiger charge is -2.23. The molecule has 0 aromatic carbocycles. The van der Waals surface area contributed by atoms with Crippen LogP contribution in [0.2, 0.25) is 0 Å². The molecular formula is C23H30Br2N2O8S. The van der Waals surface area contributed by atoms with E-state index in [0.717, 1.165) is 15.2 Å². The van der Waals surface area contributed by atoms with Gasteiger partial charge in [0.1, 0.15) is 24.4 Å². The van der Waals surface area contributed by atoms with Gasteiger partial charge in [-0.1, -0.05) is 0 Å². The average Bonchev–Trinajstić information content (AvgIpc) is 3.33. The number of aliphatic hydroxyl groups excluding tert-OH is 1. The van der Waals surface area contributed by atoms with Gasteiger partial charge in [0, 0.05) is 21.3 Å². The van der Waals surface area contributed by atoms with E-state index in [2.05, 4.69) is 41.8 Å². The van der Waals surface area contributed by atoms with Gasteiger partial charge in [-0.3, -0.25) is 14.2 Å². The SMILES string of the molecule is CC1(C)OC[C@H](C(O)c2ccc(Br)cn2)O1.CC1(C)OC[C@H](C(OS(C)(=O)=O)c2ccc(Br)cn2)O1. The van der Waals surface area contributed by atoms with Crippen LogP contribution in [0.25, 0.3) is 0 Å². The summed E-state index contributed by atoms with van der Waals surface area (Å²) in [5.74, 6) is -1.39. The van der Waals surface area contributed by atoms with Crippen LogP contribution in [0.1, 0.15) is 51.3 Å². The summed E-state index contributed by atoms with van der Waals surface area (Å²) in [7, 11) is -3.64. The second-order valence-electron chi connectivity index (χ2n) is 9.20. The van der Waals surface area contributed by atoms with Gasteiger partial charge in [-0.15, -0.1) is 0 Å². The molecule has 1 N–H and O–H groups in total. The molecule has 0 spiro atoms. The summed E-state index contributed by atoms with van der Waals surface area (Å²) in [6.07, 6.45) is 1.75. The van der Waals surface area contributed by atoms with E-state index in [1.54, 1.807) is 44.4 Å². The number of pyridine rings is 2. The van der Waals surface area contributed by atoms with Crippen LogP contribution in [0.3, 0.4) is 0 Å². The van der Waals surface area contributed by atoms with Crippen molar-refractivity contribution in [3.05, 3.63) is 57.0 Å². The Labute approximate surface area is 228 Å². The van der Waals surface area contributed by atoms with Crippen molar-refractivity contribution in [3.8, 4) is 0 Å². The van der Waals surface area contributed by atoms with Crippen molar-refractivity contribution in [2.24, 2.45) is 0 Å². The Morgan fingerprint density at radius 1 is 0.917 bits per heavy atom. The van der Waals surface area contributed by atoms with E-state index in [1.165, 1.54) is 0 Å². The number of halogens is 2. The minimum Gasteiger partial charge on any atom is -0.384 e. The van der Waals surface area contributed by atoms with E-state index in [1.807, 2.05) is 19.9 Å². The summed E-state index contributed by atoms with van der Waals surface area (Å²) in [5, 5.41) is 10.1. The molecule has 0 bridgehead atoms. The molecule has 2 aliphatic heterocycles. The molecule has 0 saturated carbocycles. The highest BCUT2D eigenvalue weighted by atomic mass is 79.9. The van der Waals surface area contributed by atoms with Gasteiger partial charge < -0.3 is 24.1 Å². The largest absolute Gasteiger partial charge is 0.384 e. The number of rotatable bonds is 6. The first kappa shape index (κ1) is 29.5. The minimum atomic E-state index is -3.64. The van der Waals surface area contributed by atoms with Crippen molar-refractivity contribution in [1.29, 1.82) is 0 Å². The number of ether oxygens (including phenoxy) is 4. The molecule has 0 amide bonds. The molecule has 10 nitrogen and oxygen atoms in total. The standard InChI is InChI=1S/C12H16BrNO5S.C11H14BrNO3/c1-12(2)17-7-10(18-12)11(19-20(3,15)16)9-5-4-8(13)6-14-9;1-11(2)15-6-9(16-11)10(14)8-4-3-7(12)5-13-8/h4-6,10-11H,7H2,1-3H3;3-5,9-10,14H,6H2,1-2H3/t10-,11?;9-,10?/m11/s1. The summed E-state index contributed by atoms with van der Waals surface area (Å²) in [6, 6.07) is 7.06. The summed E-state index contributed by atoms with van der Waals surface area (Å²) in [6.45, 7) is 7.80. The molecule has 2 aromatic heterocycles. The quantitative estimate of drug-likeness (QED) is 0.457. The van der Waals surface area contributed by atoms with Gasteiger partial charge in [-0.05, 0) is 83.8 Å². The van der Waals surface area contributed by atoms with Crippen molar-refractivity contribution in [2.75, 3.05) is 19.5 Å². The van der Waals surface area contributed by atoms with Crippen LogP contribution in [-0.2, 0) is 33.2 Å². The second-order valence-corrected chi connectivity index (χ2v) is 12.6. The lowest BCUT2D eigenvalue weighted by Crippen LogP contribution is -2.29. The van der Waals surface area contributed by atoms with E-state index in [4.69, 9.17) is 23.1 Å². The molecule has 4 atom stereocenters. The molecule has 4 heterocycles. The third kappa shape index (κ3) is 8.77. The monoisotopic (exact) mass is 652 g/mol. The van der Waals surface area contributed by atoms with Gasteiger partial charge in [0.2, 0.25) is 0 Å². The minimum absolute atomic E-state index is 0.241. The molecule has 200 valence electrons. The predicted molar refractivity (Wildman–Crippen MR) is 137 cm³/mol. The predicted octanol–water partition coefficient (Wildman–Crippen LogP) is 4.04. The fraction of sp³-hybridized carbons (Fsp3) is 0.565. The van der Waals surface area contributed by atoms with E-state index in [0.29, 0.717) is 18.0 Å². The number of nitrogens with zero attached hydrogens (tertiary/aromatic N) is 2. The Bertz CT molecular complexity index is 1110. The van der Waals surface area contributed by atoms with Crippen LogP contribution in [0.15, 0.2) is 45.6 Å². The van der Waals surface area contributed by atoms with Gasteiger partial charge in [0.15, 0.2) is 11.6 Å². The van der Waals surface area contributed by atoms with Crippen LogP contribution in [0.5, 0.6) is 0 Å². The van der Waals surface area contributed by atoms with Crippen LogP contribution in [0.4, 0.5) is 0 Å². The van der Waals surface area contributed by atoms with Crippen molar-refractivity contribution >= 4 is 42.0 Å². The van der Waals surface area contributed by atoms with Gasteiger partial charge in [-0.25, -0.2) is 0 Å². The van der Waals surface area contributed by atoms with Crippen molar-refractivity contribution in [2.45, 2.75) is 63.7 Å². The molecule has 2 unspecified atom stereocenters. The molecule has 4 rings (SSSR count). The highest BCUT2D eigenvalue weighted by Crippen LogP contribution is 2.33. The first-order chi connectivity index (χ1) is 16.6. The highest BCUT2D eigenvalue weighted by Gasteiger charge is 2.41. The fourth-order valence-electron chi connectivity index (χ4n) is 3.53. The zero-order valence-corrected chi connectivity index (χ0v) is 24.5. The van der Waals surface area contributed by atoms with Gasteiger partial charge in [0.05, 0.1) is 30.9 Å².